The number of furan rings is 1. The highest BCUT2D eigenvalue weighted by Crippen LogP contribution is 2.21. The Bertz CT molecular complexity index is 696. The van der Waals surface area contributed by atoms with Crippen molar-refractivity contribution in [2.45, 2.75) is 6.42 Å². The minimum Gasteiger partial charge on any atom is -0.469 e. The van der Waals surface area contributed by atoms with Crippen LogP contribution in [0.2, 0.25) is 0 Å². The average Bonchev–Trinajstić information content (AvgIpc) is 3.00. The Kier molecular flexibility index (Phi) is 3.47. The predicted octanol–water partition coefficient (Wildman–Crippen LogP) is 2.16. The number of para-hydroxylation sites is 1. The molecule has 0 radical (unpaired) electrons. The van der Waals surface area contributed by atoms with Gasteiger partial charge in [0.15, 0.2) is 0 Å². The van der Waals surface area contributed by atoms with E-state index in [1.165, 1.54) is 0 Å². The van der Waals surface area contributed by atoms with Gasteiger partial charge >= 0.3 is 0 Å². The number of hydrogen-bond donors (Lipinski definition) is 3. The van der Waals surface area contributed by atoms with E-state index >= 15 is 0 Å². The molecule has 102 valence electrons. The van der Waals surface area contributed by atoms with Crippen molar-refractivity contribution in [2.24, 2.45) is 5.84 Å². The first-order valence-corrected chi connectivity index (χ1v) is 6.36. The Morgan fingerprint density at radius 1 is 1.10 bits per heavy atom. The molecule has 0 amide bonds. The van der Waals surface area contributed by atoms with Crippen molar-refractivity contribution in [1.29, 1.82) is 0 Å². The summed E-state index contributed by atoms with van der Waals surface area (Å²) < 4.78 is 5.30. The lowest BCUT2D eigenvalue weighted by Crippen LogP contribution is -2.13. The van der Waals surface area contributed by atoms with E-state index in [1.54, 1.807) is 6.26 Å². The van der Waals surface area contributed by atoms with Crippen molar-refractivity contribution in [3.8, 4) is 0 Å². The van der Waals surface area contributed by atoms with Gasteiger partial charge in [-0.3, -0.25) is 5.43 Å². The zero-order chi connectivity index (χ0) is 13.8. The lowest BCUT2D eigenvalue weighted by atomic mass is 10.2. The van der Waals surface area contributed by atoms with Crippen LogP contribution < -0.4 is 16.6 Å². The number of hydrogen-bond acceptors (Lipinski definition) is 6. The van der Waals surface area contributed by atoms with Gasteiger partial charge < -0.3 is 9.73 Å². The Morgan fingerprint density at radius 3 is 2.80 bits per heavy atom. The smallest absolute Gasteiger partial charge is 0.239 e. The average molecular weight is 269 g/mol. The third-order valence-corrected chi connectivity index (χ3v) is 2.98. The highest BCUT2D eigenvalue weighted by molar-refractivity contribution is 5.89. The highest BCUT2D eigenvalue weighted by Gasteiger charge is 2.06. The van der Waals surface area contributed by atoms with Crippen molar-refractivity contribution in [3.05, 3.63) is 48.4 Å². The van der Waals surface area contributed by atoms with Crippen LogP contribution in [0.3, 0.4) is 0 Å². The Balaban J connectivity index is 1.82. The fourth-order valence-electron chi connectivity index (χ4n) is 2.03. The van der Waals surface area contributed by atoms with Gasteiger partial charge in [-0.15, -0.1) is 0 Å². The van der Waals surface area contributed by atoms with Gasteiger partial charge in [0, 0.05) is 18.4 Å². The topological polar surface area (TPSA) is 89.0 Å². The molecule has 0 fully saturated rings. The predicted molar refractivity (Wildman–Crippen MR) is 78.2 cm³/mol. The number of benzene rings is 1. The fourth-order valence-corrected chi connectivity index (χ4v) is 2.03. The number of hydrazine groups is 1. The van der Waals surface area contributed by atoms with Gasteiger partial charge in [0.1, 0.15) is 11.6 Å². The second kappa shape index (κ2) is 5.58. The Hall–Kier alpha value is -2.60. The molecule has 2 heterocycles. The van der Waals surface area contributed by atoms with Crippen molar-refractivity contribution in [1.82, 2.24) is 9.97 Å². The monoisotopic (exact) mass is 269 g/mol. The second-order valence-electron chi connectivity index (χ2n) is 4.31. The maximum atomic E-state index is 5.40. The number of anilines is 2. The van der Waals surface area contributed by atoms with Gasteiger partial charge in [-0.2, -0.15) is 4.98 Å². The first-order chi connectivity index (χ1) is 9.86. The number of nitrogens with zero attached hydrogens (tertiary/aromatic N) is 2. The zero-order valence-corrected chi connectivity index (χ0v) is 10.8. The lowest BCUT2D eigenvalue weighted by molar-refractivity contribution is 0.513. The molecule has 3 aromatic rings. The van der Waals surface area contributed by atoms with Crippen LogP contribution in [0.4, 0.5) is 11.8 Å². The molecule has 4 N–H and O–H groups in total. The molecule has 0 aliphatic rings. The minimum atomic E-state index is 0.393. The highest BCUT2D eigenvalue weighted by atomic mass is 16.3. The summed E-state index contributed by atoms with van der Waals surface area (Å²) >= 11 is 0. The molecular formula is C14H15N5O. The van der Waals surface area contributed by atoms with Crippen LogP contribution in [0.5, 0.6) is 0 Å². The largest absolute Gasteiger partial charge is 0.469 e. The van der Waals surface area contributed by atoms with E-state index in [0.717, 1.165) is 35.4 Å². The van der Waals surface area contributed by atoms with E-state index < -0.39 is 0 Å². The van der Waals surface area contributed by atoms with Crippen molar-refractivity contribution in [2.75, 3.05) is 17.3 Å². The summed E-state index contributed by atoms with van der Waals surface area (Å²) in [5.41, 5.74) is 3.33. The van der Waals surface area contributed by atoms with E-state index in [2.05, 4.69) is 20.7 Å². The first kappa shape index (κ1) is 12.4. The summed E-state index contributed by atoms with van der Waals surface area (Å²) in [5, 5.41) is 4.26. The number of aromatic nitrogens is 2. The van der Waals surface area contributed by atoms with Crippen molar-refractivity contribution < 1.29 is 4.42 Å². The van der Waals surface area contributed by atoms with E-state index in [1.807, 2.05) is 36.4 Å². The summed E-state index contributed by atoms with van der Waals surface area (Å²) in [6, 6.07) is 11.6. The van der Waals surface area contributed by atoms with E-state index in [4.69, 9.17) is 10.3 Å². The van der Waals surface area contributed by atoms with Gasteiger partial charge in [0.25, 0.3) is 0 Å². The molecule has 6 nitrogen and oxygen atoms in total. The molecule has 3 rings (SSSR count). The molecular weight excluding hydrogens is 254 g/mol. The van der Waals surface area contributed by atoms with Crippen LogP contribution in [0, 0.1) is 0 Å². The number of fused-ring (bicyclic) bond motifs is 1. The molecule has 0 unspecified atom stereocenters. The maximum absolute atomic E-state index is 5.40. The van der Waals surface area contributed by atoms with Gasteiger partial charge in [-0.25, -0.2) is 10.8 Å². The first-order valence-electron chi connectivity index (χ1n) is 6.36. The number of nitrogens with two attached hydrogens (primary N) is 1. The standard InChI is InChI=1S/C14H15N5O/c15-19-14-17-12-6-2-1-5-11(12)13(18-14)16-8-7-10-4-3-9-20-10/h1-6,9H,7-8,15H2,(H2,16,17,18,19). The molecule has 0 aliphatic carbocycles. The summed E-state index contributed by atoms with van der Waals surface area (Å²) in [5.74, 6) is 7.49. The van der Waals surface area contributed by atoms with E-state index in [-0.39, 0.29) is 0 Å². The molecule has 1 aromatic carbocycles. The van der Waals surface area contributed by atoms with Gasteiger partial charge in [-0.05, 0) is 24.3 Å². The molecule has 0 saturated heterocycles. The van der Waals surface area contributed by atoms with Crippen LogP contribution >= 0.6 is 0 Å². The number of rotatable bonds is 5. The summed E-state index contributed by atoms with van der Waals surface area (Å²) in [4.78, 5) is 8.66. The van der Waals surface area contributed by atoms with Crippen LogP contribution in [-0.2, 0) is 6.42 Å². The van der Waals surface area contributed by atoms with Gasteiger partial charge in [-0.1, -0.05) is 12.1 Å². The van der Waals surface area contributed by atoms with E-state index in [0.29, 0.717) is 5.95 Å². The normalized spacial score (nSPS) is 10.7. The third-order valence-electron chi connectivity index (χ3n) is 2.98. The summed E-state index contributed by atoms with van der Waals surface area (Å²) in [7, 11) is 0. The third kappa shape index (κ3) is 2.55. The lowest BCUT2D eigenvalue weighted by Gasteiger charge is -2.09. The molecule has 0 atom stereocenters. The minimum absolute atomic E-state index is 0.393. The maximum Gasteiger partial charge on any atom is 0.239 e. The van der Waals surface area contributed by atoms with Crippen LogP contribution in [-0.4, -0.2) is 16.5 Å². The van der Waals surface area contributed by atoms with Gasteiger partial charge in [0.2, 0.25) is 5.95 Å². The van der Waals surface area contributed by atoms with Crippen LogP contribution in [0.25, 0.3) is 10.9 Å². The fraction of sp³-hybridized carbons (Fsp3) is 0.143. The van der Waals surface area contributed by atoms with E-state index in [9.17, 15) is 0 Å². The molecule has 0 saturated carbocycles. The van der Waals surface area contributed by atoms with Gasteiger partial charge in [0.05, 0.1) is 11.8 Å². The molecule has 0 bridgehead atoms. The Morgan fingerprint density at radius 2 is 2.00 bits per heavy atom. The molecule has 2 aromatic heterocycles. The number of nitrogen functional groups attached to an aromatic ring is 1. The molecule has 6 heteroatoms. The summed E-state index contributed by atoms with van der Waals surface area (Å²) in [6.45, 7) is 0.721. The molecule has 20 heavy (non-hydrogen) atoms. The van der Waals surface area contributed by atoms with Crippen LogP contribution in [0.1, 0.15) is 5.76 Å². The van der Waals surface area contributed by atoms with Crippen molar-refractivity contribution in [3.63, 3.8) is 0 Å². The quantitative estimate of drug-likeness (QED) is 0.486. The molecule has 0 aliphatic heterocycles. The number of nitrogens with one attached hydrogen (secondary N) is 2. The van der Waals surface area contributed by atoms with Crippen molar-refractivity contribution >= 4 is 22.7 Å². The molecule has 0 spiro atoms. The SMILES string of the molecule is NNc1nc(NCCc2ccco2)c2ccccc2n1. The Labute approximate surface area is 116 Å². The summed E-state index contributed by atoms with van der Waals surface area (Å²) in [6.07, 6.45) is 2.46. The van der Waals surface area contributed by atoms with Crippen LogP contribution in [0.15, 0.2) is 47.1 Å². The zero-order valence-electron chi connectivity index (χ0n) is 10.8. The second-order valence-corrected chi connectivity index (χ2v) is 4.31.